The van der Waals surface area contributed by atoms with E-state index < -0.39 is 17.5 Å². The second-order valence-corrected chi connectivity index (χ2v) is 5.43. The Balaban J connectivity index is 2.39. The molecule has 0 N–H and O–H groups in total. The Morgan fingerprint density at radius 3 is 2.62 bits per heavy atom. The highest BCUT2D eigenvalue weighted by molar-refractivity contribution is 6.12. The number of rotatable bonds is 5. The number of carbonyl (C=O) groups excluding carboxylic acids is 1. The van der Waals surface area contributed by atoms with E-state index in [1.807, 2.05) is 0 Å². The number of carbonyl (C=O) groups is 1. The fraction of sp³-hybridized carbons (Fsp3) is 0.167. The first-order valence-corrected chi connectivity index (χ1v) is 7.35. The number of halogens is 3. The molecule has 26 heavy (non-hydrogen) atoms. The average Bonchev–Trinajstić information content (AvgIpc) is 2.59. The molecule has 0 aliphatic heterocycles. The van der Waals surface area contributed by atoms with Crippen LogP contribution in [-0.2, 0) is 6.18 Å². The lowest BCUT2D eigenvalue weighted by molar-refractivity contribution is -0.137. The number of hydrogen-bond donors (Lipinski definition) is 0. The molecule has 0 aliphatic rings. The molecule has 0 atom stereocenters. The number of pyridine rings is 1. The van der Waals surface area contributed by atoms with Crippen LogP contribution < -0.4 is 4.74 Å². The lowest BCUT2D eigenvalue weighted by Gasteiger charge is -2.12. The second-order valence-electron chi connectivity index (χ2n) is 5.43. The third-order valence-corrected chi connectivity index (χ3v) is 3.14. The van der Waals surface area contributed by atoms with E-state index in [0.717, 1.165) is 12.1 Å². The Labute approximate surface area is 147 Å². The number of ether oxygens (including phenoxy) is 1. The predicted molar refractivity (Wildman–Crippen MR) is 87.5 cm³/mol. The molecule has 8 heteroatoms. The van der Waals surface area contributed by atoms with Gasteiger partial charge in [-0.3, -0.25) is 4.79 Å². The van der Waals surface area contributed by atoms with Gasteiger partial charge in [0.05, 0.1) is 11.1 Å². The summed E-state index contributed by atoms with van der Waals surface area (Å²) in [5.41, 5.74) is -1.07. The number of nitrogens with zero attached hydrogens (tertiary/aromatic N) is 3. The Kier molecular flexibility index (Phi) is 5.62. The lowest BCUT2D eigenvalue weighted by Crippen LogP contribution is -2.10. The van der Waals surface area contributed by atoms with Gasteiger partial charge in [-0.1, -0.05) is 6.07 Å². The van der Waals surface area contributed by atoms with Gasteiger partial charge in [-0.15, -0.1) is 0 Å². The van der Waals surface area contributed by atoms with Gasteiger partial charge in [0.2, 0.25) is 11.7 Å². The lowest BCUT2D eigenvalue weighted by atomic mass is 10.1. The number of allylic oxidation sites excluding steroid dienone is 1. The fourth-order valence-electron chi connectivity index (χ4n) is 2.03. The first kappa shape index (κ1) is 19.0. The second kappa shape index (κ2) is 7.70. The average molecular weight is 361 g/mol. The fourth-order valence-corrected chi connectivity index (χ4v) is 2.03. The predicted octanol–water partition coefficient (Wildman–Crippen LogP) is 4.04. The van der Waals surface area contributed by atoms with Gasteiger partial charge in [-0.2, -0.15) is 18.4 Å². The molecule has 0 unspecified atom stereocenters. The molecule has 0 saturated carbocycles. The molecule has 1 heterocycles. The number of hydrogen-bond acceptors (Lipinski definition) is 5. The number of nitriles is 1. The normalized spacial score (nSPS) is 11.6. The smallest absolute Gasteiger partial charge is 0.416 e. The van der Waals surface area contributed by atoms with Crippen LogP contribution in [0.1, 0.15) is 15.9 Å². The SMILES string of the molecule is CN(C)C=C(C#N)C(=O)c1cccnc1Oc1cccc(C(F)(F)F)c1. The number of ketones is 1. The van der Waals surface area contributed by atoms with Crippen molar-refractivity contribution < 1.29 is 22.7 Å². The molecule has 5 nitrogen and oxygen atoms in total. The van der Waals surface area contributed by atoms with Crippen molar-refractivity contribution in [2.24, 2.45) is 0 Å². The first-order valence-electron chi connectivity index (χ1n) is 7.35. The molecule has 2 rings (SSSR count). The molecule has 134 valence electrons. The van der Waals surface area contributed by atoms with E-state index in [1.54, 1.807) is 20.2 Å². The van der Waals surface area contributed by atoms with Crippen molar-refractivity contribution in [3.63, 3.8) is 0 Å². The van der Waals surface area contributed by atoms with Crippen molar-refractivity contribution in [3.05, 3.63) is 65.5 Å². The molecule has 0 aliphatic carbocycles. The summed E-state index contributed by atoms with van der Waals surface area (Å²) < 4.78 is 43.8. The molecular formula is C18H14F3N3O2. The summed E-state index contributed by atoms with van der Waals surface area (Å²) in [4.78, 5) is 18.0. The standard InChI is InChI=1S/C18H14F3N3O2/c1-24(2)11-12(10-22)16(25)15-7-4-8-23-17(15)26-14-6-3-5-13(9-14)18(19,20)21/h3-9,11H,1-2H3. The van der Waals surface area contributed by atoms with Crippen molar-refractivity contribution in [2.45, 2.75) is 6.18 Å². The van der Waals surface area contributed by atoms with E-state index in [4.69, 9.17) is 10.00 Å². The summed E-state index contributed by atoms with van der Waals surface area (Å²) in [6.07, 6.45) is -1.85. The van der Waals surface area contributed by atoms with Crippen LogP contribution in [0.25, 0.3) is 0 Å². The van der Waals surface area contributed by atoms with Gasteiger partial charge in [0.15, 0.2) is 0 Å². The van der Waals surface area contributed by atoms with Crippen LogP contribution in [-0.4, -0.2) is 29.8 Å². The van der Waals surface area contributed by atoms with Gasteiger partial charge < -0.3 is 9.64 Å². The Morgan fingerprint density at radius 2 is 2.00 bits per heavy atom. The van der Waals surface area contributed by atoms with Crippen LogP contribution in [0, 0.1) is 11.3 Å². The van der Waals surface area contributed by atoms with Crippen LogP contribution in [0.5, 0.6) is 11.6 Å². The van der Waals surface area contributed by atoms with Gasteiger partial charge in [-0.25, -0.2) is 4.98 Å². The minimum atomic E-state index is -4.52. The number of benzene rings is 1. The molecule has 2 aromatic rings. The summed E-state index contributed by atoms with van der Waals surface area (Å²) in [7, 11) is 3.29. The Bertz CT molecular complexity index is 884. The molecule has 1 aromatic carbocycles. The molecule has 0 bridgehead atoms. The molecule has 1 aromatic heterocycles. The highest BCUT2D eigenvalue weighted by Crippen LogP contribution is 2.33. The van der Waals surface area contributed by atoms with Gasteiger partial charge in [0.25, 0.3) is 0 Å². The quantitative estimate of drug-likeness (QED) is 0.457. The highest BCUT2D eigenvalue weighted by atomic mass is 19.4. The zero-order valence-corrected chi connectivity index (χ0v) is 13.9. The molecule has 0 fully saturated rings. The van der Waals surface area contributed by atoms with Crippen LogP contribution in [0.4, 0.5) is 13.2 Å². The maximum atomic E-state index is 12.8. The van der Waals surface area contributed by atoms with Crippen LogP contribution in [0.2, 0.25) is 0 Å². The van der Waals surface area contributed by atoms with Crippen molar-refractivity contribution in [2.75, 3.05) is 14.1 Å². The van der Waals surface area contributed by atoms with Gasteiger partial charge in [-0.05, 0) is 30.3 Å². The van der Waals surface area contributed by atoms with Crippen LogP contribution >= 0.6 is 0 Å². The minimum Gasteiger partial charge on any atom is -0.438 e. The van der Waals surface area contributed by atoms with Crippen LogP contribution in [0.3, 0.4) is 0 Å². The molecular weight excluding hydrogens is 347 g/mol. The zero-order chi connectivity index (χ0) is 19.3. The van der Waals surface area contributed by atoms with Crippen molar-refractivity contribution >= 4 is 5.78 Å². The van der Waals surface area contributed by atoms with Gasteiger partial charge >= 0.3 is 6.18 Å². The van der Waals surface area contributed by atoms with Crippen molar-refractivity contribution in [3.8, 4) is 17.7 Å². The van der Waals surface area contributed by atoms with E-state index in [2.05, 4.69) is 4.98 Å². The van der Waals surface area contributed by atoms with Crippen molar-refractivity contribution in [1.29, 1.82) is 5.26 Å². The van der Waals surface area contributed by atoms with E-state index in [0.29, 0.717) is 0 Å². The zero-order valence-electron chi connectivity index (χ0n) is 13.9. The van der Waals surface area contributed by atoms with Crippen LogP contribution in [0.15, 0.2) is 54.4 Å². The summed E-state index contributed by atoms with van der Waals surface area (Å²) in [6, 6.07) is 8.87. The highest BCUT2D eigenvalue weighted by Gasteiger charge is 2.30. The molecule has 0 spiro atoms. The van der Waals surface area contributed by atoms with E-state index in [9.17, 15) is 18.0 Å². The van der Waals surface area contributed by atoms with Gasteiger partial charge in [0, 0.05) is 26.5 Å². The maximum absolute atomic E-state index is 12.8. The van der Waals surface area contributed by atoms with E-state index in [-0.39, 0.29) is 22.8 Å². The van der Waals surface area contributed by atoms with Gasteiger partial charge in [0.1, 0.15) is 17.4 Å². The van der Waals surface area contributed by atoms with Crippen molar-refractivity contribution in [1.82, 2.24) is 9.88 Å². The largest absolute Gasteiger partial charge is 0.438 e. The molecule has 0 radical (unpaired) electrons. The van der Waals surface area contributed by atoms with E-state index >= 15 is 0 Å². The summed E-state index contributed by atoms with van der Waals surface area (Å²) in [5.74, 6) is -0.948. The van der Waals surface area contributed by atoms with E-state index in [1.165, 1.54) is 41.6 Å². The monoisotopic (exact) mass is 361 g/mol. The summed E-state index contributed by atoms with van der Waals surface area (Å²) in [6.45, 7) is 0. The third kappa shape index (κ3) is 4.60. The topological polar surface area (TPSA) is 66.2 Å². The number of alkyl halides is 3. The number of Topliss-reactive ketones (excluding diaryl/α,β-unsaturated/α-hetero) is 1. The first-order chi connectivity index (χ1) is 12.2. The third-order valence-electron chi connectivity index (χ3n) is 3.14. The Hall–Kier alpha value is -3.34. The Morgan fingerprint density at radius 1 is 1.27 bits per heavy atom. The summed E-state index contributed by atoms with van der Waals surface area (Å²) >= 11 is 0. The minimum absolute atomic E-state index is 0.0282. The maximum Gasteiger partial charge on any atom is 0.416 e. The molecule has 0 saturated heterocycles. The number of aromatic nitrogens is 1. The molecule has 0 amide bonds. The summed E-state index contributed by atoms with van der Waals surface area (Å²) in [5, 5.41) is 9.16.